The van der Waals surface area contributed by atoms with Gasteiger partial charge in [0.05, 0.1) is 29.1 Å². The van der Waals surface area contributed by atoms with E-state index in [1.807, 2.05) is 33.0 Å². The van der Waals surface area contributed by atoms with Crippen LogP contribution in [0.1, 0.15) is 13.8 Å². The summed E-state index contributed by atoms with van der Waals surface area (Å²) < 4.78 is 13.3. The molecular formula is C20H21BrN2O4. The summed E-state index contributed by atoms with van der Waals surface area (Å²) in [5.41, 5.74) is 3.29. The number of hydrogen-bond donors (Lipinski definition) is 2. The molecule has 142 valence electrons. The highest BCUT2D eigenvalue weighted by Crippen LogP contribution is 2.39. The normalized spacial score (nSPS) is 10.8. The average Bonchev–Trinajstić information content (AvgIpc) is 3.03. The Kier molecular flexibility index (Phi) is 5.60. The Hall–Kier alpha value is -2.67. The maximum Gasteiger partial charge on any atom is 0.172 e. The summed E-state index contributed by atoms with van der Waals surface area (Å²) in [6, 6.07) is 10.7. The summed E-state index contributed by atoms with van der Waals surface area (Å²) in [6.07, 6.45) is 0. The highest BCUT2D eigenvalue weighted by Gasteiger charge is 2.15. The van der Waals surface area contributed by atoms with Crippen molar-refractivity contribution in [1.82, 2.24) is 9.78 Å². The average molecular weight is 433 g/mol. The summed E-state index contributed by atoms with van der Waals surface area (Å²) in [4.78, 5) is 0. The molecule has 1 heterocycles. The molecule has 0 radical (unpaired) electrons. The van der Waals surface area contributed by atoms with Gasteiger partial charge in [-0.3, -0.25) is 4.68 Å². The lowest BCUT2D eigenvalue weighted by Crippen LogP contribution is -1.96. The summed E-state index contributed by atoms with van der Waals surface area (Å²) in [6.45, 7) is 4.65. The molecule has 1 aromatic heterocycles. The van der Waals surface area contributed by atoms with Crippen molar-refractivity contribution in [2.45, 2.75) is 13.8 Å². The van der Waals surface area contributed by atoms with Gasteiger partial charge in [0.15, 0.2) is 23.0 Å². The minimum Gasteiger partial charge on any atom is -0.504 e. The van der Waals surface area contributed by atoms with Gasteiger partial charge < -0.3 is 19.7 Å². The first kappa shape index (κ1) is 19.1. The smallest absolute Gasteiger partial charge is 0.172 e. The number of rotatable bonds is 6. The second-order valence-corrected chi connectivity index (χ2v) is 6.75. The van der Waals surface area contributed by atoms with E-state index in [1.54, 1.807) is 28.9 Å². The molecule has 0 aliphatic rings. The first-order chi connectivity index (χ1) is 12.9. The summed E-state index contributed by atoms with van der Waals surface area (Å²) in [5, 5.41) is 24.6. The van der Waals surface area contributed by atoms with E-state index in [0.29, 0.717) is 29.2 Å². The lowest BCUT2D eigenvalue weighted by molar-refractivity contribution is 0.317. The summed E-state index contributed by atoms with van der Waals surface area (Å²) in [7, 11) is 1.85. The summed E-state index contributed by atoms with van der Waals surface area (Å²) in [5.74, 6) is 1.00. The Balaban J connectivity index is 2.04. The zero-order chi connectivity index (χ0) is 19.6. The number of aromatic nitrogens is 2. The van der Waals surface area contributed by atoms with Crippen molar-refractivity contribution in [1.29, 1.82) is 0 Å². The molecule has 0 atom stereocenters. The number of phenols is 2. The Morgan fingerprint density at radius 1 is 0.963 bits per heavy atom. The van der Waals surface area contributed by atoms with Crippen LogP contribution >= 0.6 is 15.9 Å². The van der Waals surface area contributed by atoms with Crippen molar-refractivity contribution >= 4 is 15.9 Å². The lowest BCUT2D eigenvalue weighted by Gasteiger charge is -2.09. The van der Waals surface area contributed by atoms with Crippen molar-refractivity contribution < 1.29 is 19.7 Å². The fraction of sp³-hybridized carbons (Fsp3) is 0.250. The van der Waals surface area contributed by atoms with E-state index in [0.717, 1.165) is 22.5 Å². The van der Waals surface area contributed by atoms with Gasteiger partial charge in [0.2, 0.25) is 0 Å². The van der Waals surface area contributed by atoms with Crippen LogP contribution in [0, 0.1) is 0 Å². The molecule has 0 bridgehead atoms. The molecule has 2 aromatic carbocycles. The van der Waals surface area contributed by atoms with Gasteiger partial charge in [-0.25, -0.2) is 0 Å². The second kappa shape index (κ2) is 7.92. The fourth-order valence-corrected chi connectivity index (χ4v) is 3.25. The topological polar surface area (TPSA) is 76.7 Å². The number of ether oxygens (including phenoxy) is 2. The first-order valence-electron chi connectivity index (χ1n) is 8.60. The largest absolute Gasteiger partial charge is 0.504 e. The Morgan fingerprint density at radius 3 is 2.33 bits per heavy atom. The third-order valence-electron chi connectivity index (χ3n) is 4.06. The Morgan fingerprint density at radius 2 is 1.63 bits per heavy atom. The van der Waals surface area contributed by atoms with Crippen molar-refractivity contribution in [3.05, 3.63) is 40.9 Å². The molecule has 0 amide bonds. The van der Waals surface area contributed by atoms with E-state index >= 15 is 0 Å². The van der Waals surface area contributed by atoms with E-state index in [1.165, 1.54) is 0 Å². The van der Waals surface area contributed by atoms with Crippen LogP contribution in [0.4, 0.5) is 0 Å². The van der Waals surface area contributed by atoms with E-state index in [9.17, 15) is 10.2 Å². The maximum absolute atomic E-state index is 10.1. The van der Waals surface area contributed by atoms with Crippen LogP contribution < -0.4 is 9.47 Å². The van der Waals surface area contributed by atoms with Crippen LogP contribution in [0.3, 0.4) is 0 Å². The standard InChI is InChI=1S/C20H21BrN2O4/c1-4-26-18-9-12(6-7-17(18)24)16-11-15(22-23(16)3)13-8-14(21)20(25)19(10-13)27-5-2/h6-11,24-25H,4-5H2,1-3H3. The number of halogens is 1. The van der Waals surface area contributed by atoms with Crippen molar-refractivity contribution in [3.8, 4) is 45.5 Å². The van der Waals surface area contributed by atoms with Crippen LogP contribution in [0.25, 0.3) is 22.5 Å². The first-order valence-corrected chi connectivity index (χ1v) is 9.39. The number of hydrogen-bond acceptors (Lipinski definition) is 5. The Bertz CT molecular complexity index is 969. The monoisotopic (exact) mass is 432 g/mol. The molecule has 0 unspecified atom stereocenters. The van der Waals surface area contributed by atoms with E-state index in [2.05, 4.69) is 21.0 Å². The predicted octanol–water partition coefficient (Wildman–Crippen LogP) is 4.73. The molecule has 6 nitrogen and oxygen atoms in total. The number of nitrogens with zero attached hydrogens (tertiary/aromatic N) is 2. The van der Waals surface area contributed by atoms with Gasteiger partial charge in [0, 0.05) is 18.2 Å². The quantitative estimate of drug-likeness (QED) is 0.588. The maximum atomic E-state index is 10.1. The van der Waals surface area contributed by atoms with Crippen LogP contribution in [-0.4, -0.2) is 33.2 Å². The van der Waals surface area contributed by atoms with Gasteiger partial charge in [-0.2, -0.15) is 5.10 Å². The molecule has 0 spiro atoms. The molecule has 3 rings (SSSR count). The van der Waals surface area contributed by atoms with Crippen molar-refractivity contribution in [2.75, 3.05) is 13.2 Å². The number of aryl methyl sites for hydroxylation is 1. The second-order valence-electron chi connectivity index (χ2n) is 5.89. The zero-order valence-electron chi connectivity index (χ0n) is 15.4. The van der Waals surface area contributed by atoms with Gasteiger partial charge in [0.25, 0.3) is 0 Å². The third kappa shape index (κ3) is 3.88. The zero-order valence-corrected chi connectivity index (χ0v) is 16.9. The van der Waals surface area contributed by atoms with Gasteiger partial charge in [0.1, 0.15) is 0 Å². The van der Waals surface area contributed by atoms with Crippen molar-refractivity contribution in [2.24, 2.45) is 7.05 Å². The van der Waals surface area contributed by atoms with Crippen molar-refractivity contribution in [3.63, 3.8) is 0 Å². The molecular weight excluding hydrogens is 412 g/mol. The molecule has 0 aliphatic heterocycles. The minimum absolute atomic E-state index is 0.0663. The number of aromatic hydroxyl groups is 2. The highest BCUT2D eigenvalue weighted by molar-refractivity contribution is 9.10. The molecule has 3 aromatic rings. The number of benzene rings is 2. The van der Waals surface area contributed by atoms with E-state index < -0.39 is 0 Å². The number of phenolic OH excluding ortho intramolecular Hbond substituents is 2. The van der Waals surface area contributed by atoms with Crippen LogP contribution in [0.5, 0.6) is 23.0 Å². The Labute approximate surface area is 166 Å². The fourth-order valence-electron chi connectivity index (χ4n) is 2.81. The van der Waals surface area contributed by atoms with E-state index in [-0.39, 0.29) is 11.5 Å². The summed E-state index contributed by atoms with van der Waals surface area (Å²) >= 11 is 3.36. The highest BCUT2D eigenvalue weighted by atomic mass is 79.9. The molecule has 7 heteroatoms. The minimum atomic E-state index is 0.0663. The van der Waals surface area contributed by atoms with Gasteiger partial charge in [-0.05, 0) is 66.2 Å². The molecule has 0 fully saturated rings. The van der Waals surface area contributed by atoms with Gasteiger partial charge in [-0.1, -0.05) is 0 Å². The predicted molar refractivity (Wildman–Crippen MR) is 107 cm³/mol. The molecule has 0 saturated carbocycles. The molecule has 2 N–H and O–H groups in total. The molecule has 27 heavy (non-hydrogen) atoms. The third-order valence-corrected chi connectivity index (χ3v) is 4.66. The molecule has 0 aliphatic carbocycles. The van der Waals surface area contributed by atoms with Crippen LogP contribution in [0.15, 0.2) is 40.9 Å². The van der Waals surface area contributed by atoms with Gasteiger partial charge >= 0.3 is 0 Å². The molecule has 0 saturated heterocycles. The van der Waals surface area contributed by atoms with E-state index in [4.69, 9.17) is 9.47 Å². The lowest BCUT2D eigenvalue weighted by atomic mass is 10.1. The van der Waals surface area contributed by atoms with Crippen LogP contribution in [0.2, 0.25) is 0 Å². The SMILES string of the molecule is CCOc1cc(-c2cc(-c3cc(Br)c(O)c(OCC)c3)nn2C)ccc1O. The van der Waals surface area contributed by atoms with Gasteiger partial charge in [-0.15, -0.1) is 0 Å². The van der Waals surface area contributed by atoms with Crippen LogP contribution in [-0.2, 0) is 7.05 Å².